The summed E-state index contributed by atoms with van der Waals surface area (Å²) in [5, 5.41) is 27.9. The molecule has 116 valence electrons. The highest BCUT2D eigenvalue weighted by Crippen LogP contribution is 2.26. The third kappa shape index (κ3) is 4.08. The molecule has 1 aliphatic heterocycles. The molecule has 1 saturated heterocycles. The molecule has 0 bridgehead atoms. The summed E-state index contributed by atoms with van der Waals surface area (Å²) in [6.45, 7) is 0.459. The van der Waals surface area contributed by atoms with Gasteiger partial charge in [0.2, 0.25) is 0 Å². The summed E-state index contributed by atoms with van der Waals surface area (Å²) in [5.41, 5.74) is 0.516. The van der Waals surface area contributed by atoms with E-state index in [-0.39, 0.29) is 42.5 Å². The Hall–Kier alpha value is -1.80. The summed E-state index contributed by atoms with van der Waals surface area (Å²) < 4.78 is 23.3. The van der Waals surface area contributed by atoms with E-state index in [9.17, 15) is 23.4 Å². The fourth-order valence-corrected chi connectivity index (χ4v) is 4.02. The van der Waals surface area contributed by atoms with Crippen LogP contribution in [0.25, 0.3) is 0 Å². The highest BCUT2D eigenvalue weighted by Gasteiger charge is 2.32. The minimum absolute atomic E-state index is 0.0258. The summed E-state index contributed by atoms with van der Waals surface area (Å²) in [7, 11) is -3.23. The van der Waals surface area contributed by atoms with Gasteiger partial charge in [0.05, 0.1) is 17.9 Å². The Balaban J connectivity index is 2.18. The van der Waals surface area contributed by atoms with Crippen LogP contribution in [-0.4, -0.2) is 58.7 Å². The van der Waals surface area contributed by atoms with E-state index in [0.717, 1.165) is 0 Å². The van der Waals surface area contributed by atoms with Crippen molar-refractivity contribution in [1.29, 1.82) is 0 Å². The maximum atomic E-state index is 11.7. The summed E-state index contributed by atoms with van der Waals surface area (Å²) >= 11 is 0. The van der Waals surface area contributed by atoms with Crippen molar-refractivity contribution < 1.29 is 28.5 Å². The molecule has 21 heavy (non-hydrogen) atoms. The van der Waals surface area contributed by atoms with Crippen LogP contribution in [0.15, 0.2) is 18.2 Å². The molecule has 0 aromatic heterocycles. The van der Waals surface area contributed by atoms with Crippen molar-refractivity contribution in [2.75, 3.05) is 18.1 Å². The van der Waals surface area contributed by atoms with E-state index >= 15 is 0 Å². The van der Waals surface area contributed by atoms with Gasteiger partial charge >= 0.3 is 5.97 Å². The number of hydrogen-bond acceptors (Lipinski definition) is 6. The number of carbonyl (C=O) groups is 1. The van der Waals surface area contributed by atoms with Crippen molar-refractivity contribution in [1.82, 2.24) is 4.90 Å². The van der Waals surface area contributed by atoms with E-state index in [1.165, 1.54) is 18.2 Å². The smallest absolute Gasteiger partial charge is 0.304 e. The number of rotatable bonds is 4. The van der Waals surface area contributed by atoms with Crippen molar-refractivity contribution in [3.63, 3.8) is 0 Å². The fraction of sp³-hybridized carbons (Fsp3) is 0.462. The lowest BCUT2D eigenvalue weighted by Crippen LogP contribution is -2.48. The van der Waals surface area contributed by atoms with E-state index in [1.54, 1.807) is 4.90 Å². The molecule has 7 nitrogen and oxygen atoms in total. The highest BCUT2D eigenvalue weighted by atomic mass is 32.2. The number of carboxylic acids is 1. The molecule has 3 N–H and O–H groups in total. The molecular formula is C13H17NO6S. The monoisotopic (exact) mass is 315 g/mol. The maximum absolute atomic E-state index is 11.7. The molecule has 1 heterocycles. The lowest BCUT2D eigenvalue weighted by atomic mass is 10.1. The number of phenols is 2. The number of carboxylic acid groups (broad SMARTS) is 1. The van der Waals surface area contributed by atoms with Crippen LogP contribution in [0.2, 0.25) is 0 Å². The fourth-order valence-electron chi connectivity index (χ4n) is 2.42. The molecular weight excluding hydrogens is 298 g/mol. The van der Waals surface area contributed by atoms with Gasteiger partial charge in [-0.2, -0.15) is 0 Å². The van der Waals surface area contributed by atoms with E-state index in [1.807, 2.05) is 0 Å². The normalized spacial score (nSPS) is 22.0. The number of hydrogen-bond donors (Lipinski definition) is 3. The molecule has 2 rings (SSSR count). The Labute approximate surface area is 122 Å². The van der Waals surface area contributed by atoms with Gasteiger partial charge in [-0.3, -0.25) is 9.69 Å². The Morgan fingerprint density at radius 3 is 2.67 bits per heavy atom. The molecule has 0 saturated carbocycles. The molecule has 1 unspecified atom stereocenters. The minimum atomic E-state index is -3.23. The first-order valence-electron chi connectivity index (χ1n) is 6.44. The lowest BCUT2D eigenvalue weighted by Gasteiger charge is -2.34. The van der Waals surface area contributed by atoms with Gasteiger partial charge in [-0.1, -0.05) is 6.07 Å². The molecule has 1 aromatic carbocycles. The number of benzene rings is 1. The third-order valence-corrected chi connectivity index (χ3v) is 5.20. The molecule has 1 aromatic rings. The minimum Gasteiger partial charge on any atom is -0.508 e. The predicted octanol–water partition coefficient (Wildman–Crippen LogP) is 0.172. The van der Waals surface area contributed by atoms with E-state index in [0.29, 0.717) is 5.56 Å². The van der Waals surface area contributed by atoms with Crippen LogP contribution < -0.4 is 0 Å². The second kappa shape index (κ2) is 5.90. The Bertz CT molecular complexity index is 642. The zero-order chi connectivity index (χ0) is 15.6. The summed E-state index contributed by atoms with van der Waals surface area (Å²) in [6, 6.07) is 3.53. The number of nitrogens with zero attached hydrogens (tertiary/aromatic N) is 1. The van der Waals surface area contributed by atoms with Gasteiger partial charge in [-0.15, -0.1) is 0 Å². The molecule has 1 atom stereocenters. The first-order valence-corrected chi connectivity index (χ1v) is 8.26. The molecule has 1 fully saturated rings. The first-order chi connectivity index (χ1) is 9.77. The van der Waals surface area contributed by atoms with E-state index < -0.39 is 21.8 Å². The van der Waals surface area contributed by atoms with Gasteiger partial charge in [0.15, 0.2) is 9.84 Å². The molecule has 0 spiro atoms. The van der Waals surface area contributed by atoms with Crippen LogP contribution in [-0.2, 0) is 21.2 Å². The van der Waals surface area contributed by atoms with Crippen LogP contribution in [0.3, 0.4) is 0 Å². The number of sulfone groups is 1. The topological polar surface area (TPSA) is 115 Å². The van der Waals surface area contributed by atoms with Gasteiger partial charge in [-0.25, -0.2) is 8.42 Å². The van der Waals surface area contributed by atoms with Gasteiger partial charge < -0.3 is 15.3 Å². The second-order valence-corrected chi connectivity index (χ2v) is 7.38. The van der Waals surface area contributed by atoms with Crippen LogP contribution >= 0.6 is 0 Å². The van der Waals surface area contributed by atoms with Crippen LogP contribution in [0.1, 0.15) is 12.0 Å². The summed E-state index contributed by atoms with van der Waals surface area (Å²) in [4.78, 5) is 12.6. The third-order valence-electron chi connectivity index (χ3n) is 3.50. The molecule has 8 heteroatoms. The standard InChI is InChI=1S/C13H17NO6S/c15-11-2-1-9(12(16)6-11)7-14-3-4-21(19,20)8-10(14)5-13(17)18/h1-2,6,10,15-16H,3-5,7-8H2,(H,17,18). The van der Waals surface area contributed by atoms with Gasteiger partial charge in [0.1, 0.15) is 11.5 Å². The summed E-state index contributed by atoms with van der Waals surface area (Å²) in [5.74, 6) is -1.45. The van der Waals surface area contributed by atoms with Crippen molar-refractivity contribution in [2.45, 2.75) is 19.0 Å². The van der Waals surface area contributed by atoms with E-state index in [4.69, 9.17) is 5.11 Å². The average molecular weight is 315 g/mol. The van der Waals surface area contributed by atoms with Gasteiger partial charge in [0.25, 0.3) is 0 Å². The lowest BCUT2D eigenvalue weighted by molar-refractivity contribution is -0.138. The molecule has 0 amide bonds. The van der Waals surface area contributed by atoms with Crippen molar-refractivity contribution in [3.8, 4) is 11.5 Å². The van der Waals surface area contributed by atoms with Gasteiger partial charge in [0, 0.05) is 30.8 Å². The van der Waals surface area contributed by atoms with Crippen molar-refractivity contribution >= 4 is 15.8 Å². The van der Waals surface area contributed by atoms with Crippen LogP contribution in [0, 0.1) is 0 Å². The van der Waals surface area contributed by atoms with Crippen molar-refractivity contribution in [3.05, 3.63) is 23.8 Å². The molecule has 1 aliphatic rings. The molecule has 0 radical (unpaired) electrons. The Morgan fingerprint density at radius 2 is 2.05 bits per heavy atom. The number of aromatic hydroxyl groups is 2. The Morgan fingerprint density at radius 1 is 1.33 bits per heavy atom. The number of aliphatic carboxylic acids is 1. The largest absolute Gasteiger partial charge is 0.508 e. The van der Waals surface area contributed by atoms with Gasteiger partial charge in [-0.05, 0) is 6.07 Å². The van der Waals surface area contributed by atoms with E-state index in [2.05, 4.69) is 0 Å². The zero-order valence-electron chi connectivity index (χ0n) is 11.3. The van der Waals surface area contributed by atoms with Crippen molar-refractivity contribution in [2.24, 2.45) is 0 Å². The second-order valence-electron chi connectivity index (χ2n) is 5.15. The SMILES string of the molecule is O=C(O)CC1CS(=O)(=O)CCN1Cc1ccc(O)cc1O. The zero-order valence-corrected chi connectivity index (χ0v) is 12.1. The summed E-state index contributed by atoms with van der Waals surface area (Å²) in [6.07, 6.45) is -0.266. The highest BCUT2D eigenvalue weighted by molar-refractivity contribution is 7.91. The maximum Gasteiger partial charge on any atom is 0.304 e. The number of phenolic OH excluding ortho intramolecular Hbond substituents is 2. The predicted molar refractivity (Wildman–Crippen MR) is 74.9 cm³/mol. The van der Waals surface area contributed by atoms with Crippen LogP contribution in [0.5, 0.6) is 11.5 Å². The molecule has 0 aliphatic carbocycles. The van der Waals surface area contributed by atoms with Crippen LogP contribution in [0.4, 0.5) is 0 Å². The average Bonchev–Trinajstić information content (AvgIpc) is 2.34. The quantitative estimate of drug-likeness (QED) is 0.725. The first kappa shape index (κ1) is 15.6. The Kier molecular flexibility index (Phi) is 4.38.